The first-order valence-corrected chi connectivity index (χ1v) is 27.0. The summed E-state index contributed by atoms with van der Waals surface area (Å²) in [5.74, 6) is -2.39. The van der Waals surface area contributed by atoms with Gasteiger partial charge < -0.3 is 25.2 Å². The van der Waals surface area contributed by atoms with Crippen molar-refractivity contribution in [1.82, 2.24) is 0 Å². The molecule has 0 aliphatic heterocycles. The maximum Gasteiger partial charge on any atom is 0.472 e. The Hall–Kier alpha value is -2.30. The average molecular weight is 912 g/mol. The highest BCUT2D eigenvalue weighted by Gasteiger charge is 2.28. The van der Waals surface area contributed by atoms with Crippen molar-refractivity contribution in [2.24, 2.45) is 5.73 Å². The second-order valence-corrected chi connectivity index (χ2v) is 18.7. The maximum atomic E-state index is 12.7. The van der Waals surface area contributed by atoms with Gasteiger partial charge in [-0.15, -0.1) is 0 Å². The molecule has 0 spiro atoms. The quantitative estimate of drug-likeness (QED) is 0.0230. The number of hydrogen-bond acceptors (Lipinski definition) is 9. The molecule has 0 aliphatic rings. The summed E-state index contributed by atoms with van der Waals surface area (Å²) in [6.45, 7) is 2.71. The van der Waals surface area contributed by atoms with Crippen LogP contribution in [0.25, 0.3) is 0 Å². The molecule has 11 nitrogen and oxygen atoms in total. The van der Waals surface area contributed by atoms with Gasteiger partial charge in [0.15, 0.2) is 6.10 Å². The lowest BCUT2D eigenvalue weighted by molar-refractivity contribution is -0.161. The lowest BCUT2D eigenvalue weighted by Crippen LogP contribution is -2.34. The van der Waals surface area contributed by atoms with Crippen LogP contribution in [-0.4, -0.2) is 59.9 Å². The third-order valence-corrected chi connectivity index (χ3v) is 12.1. The van der Waals surface area contributed by atoms with Crippen LogP contribution in [0.15, 0.2) is 36.5 Å². The van der Waals surface area contributed by atoms with Crippen LogP contribution < -0.4 is 5.73 Å². The molecule has 3 atom stereocenters. The number of rotatable bonds is 48. The van der Waals surface area contributed by atoms with Crippen molar-refractivity contribution in [3.05, 3.63) is 36.5 Å². The van der Waals surface area contributed by atoms with E-state index < -0.39 is 51.1 Å². The summed E-state index contributed by atoms with van der Waals surface area (Å²) in [4.78, 5) is 46.1. The Morgan fingerprint density at radius 2 is 0.889 bits per heavy atom. The lowest BCUT2D eigenvalue weighted by Gasteiger charge is -2.20. The number of carboxylic acids is 1. The van der Waals surface area contributed by atoms with Crippen LogP contribution in [0.1, 0.15) is 239 Å². The van der Waals surface area contributed by atoms with Gasteiger partial charge in [-0.05, 0) is 44.9 Å². The number of ether oxygens (including phenoxy) is 2. The van der Waals surface area contributed by atoms with Gasteiger partial charge in [-0.2, -0.15) is 0 Å². The van der Waals surface area contributed by atoms with Gasteiger partial charge in [0.2, 0.25) is 0 Å². The highest BCUT2D eigenvalue weighted by molar-refractivity contribution is 7.47. The maximum absolute atomic E-state index is 12.7. The number of esters is 2. The number of unbranched alkanes of at least 4 members (excludes halogenated alkanes) is 28. The number of aliphatic carboxylic acids is 1. The molecule has 63 heavy (non-hydrogen) atoms. The fourth-order valence-corrected chi connectivity index (χ4v) is 7.98. The summed E-state index contributed by atoms with van der Waals surface area (Å²) in [7, 11) is -4.72. The second kappa shape index (κ2) is 46.2. The zero-order valence-corrected chi connectivity index (χ0v) is 41.1. The minimum Gasteiger partial charge on any atom is -0.480 e. The van der Waals surface area contributed by atoms with Gasteiger partial charge in [-0.25, -0.2) is 4.57 Å². The fourth-order valence-electron chi connectivity index (χ4n) is 7.20. The molecule has 4 N–H and O–H groups in total. The van der Waals surface area contributed by atoms with Crippen LogP contribution in [0.3, 0.4) is 0 Å². The Labute approximate surface area is 384 Å². The van der Waals surface area contributed by atoms with Crippen molar-refractivity contribution in [3.63, 3.8) is 0 Å². The molecule has 0 aromatic rings. The van der Waals surface area contributed by atoms with Crippen LogP contribution in [-0.2, 0) is 37.5 Å². The minimum absolute atomic E-state index is 0.143. The summed E-state index contributed by atoms with van der Waals surface area (Å²) in [6.07, 6.45) is 52.2. The Kier molecular flexibility index (Phi) is 44.5. The van der Waals surface area contributed by atoms with Crippen LogP contribution in [0, 0.1) is 0 Å². The fraction of sp³-hybridized carbons (Fsp3) is 0.824. The summed E-state index contributed by atoms with van der Waals surface area (Å²) in [5, 5.41) is 8.91. The Bertz CT molecular complexity index is 1210. The van der Waals surface area contributed by atoms with Crippen LogP contribution in [0.5, 0.6) is 0 Å². The van der Waals surface area contributed by atoms with Crippen molar-refractivity contribution in [2.45, 2.75) is 251 Å². The van der Waals surface area contributed by atoms with E-state index in [1.54, 1.807) is 0 Å². The standard InChI is InChI=1S/C51H94NO10P/c1-3-5-7-9-11-13-15-17-19-20-21-22-23-24-25-26-27-29-30-32-34-36-38-40-42-49(53)59-44-47(45-60-63(57,58)61-46-48(52)51(55)56)62-50(54)43-41-39-37-35-33-31-28-18-16-14-12-10-8-6-4-2/h6,8,12,14,18,28,47-48H,3-5,7,9-11,13,15-17,19-27,29-46,52H2,1-2H3,(H,55,56)(H,57,58)/b8-6-,14-12-,28-18-. The number of nitrogens with two attached hydrogens (primary N) is 1. The molecule has 0 heterocycles. The molecule has 0 rings (SSSR count). The first-order valence-electron chi connectivity index (χ1n) is 25.5. The molecule has 0 aliphatic carbocycles. The Morgan fingerprint density at radius 1 is 0.508 bits per heavy atom. The van der Waals surface area contributed by atoms with Gasteiger partial charge in [0.05, 0.1) is 13.2 Å². The van der Waals surface area contributed by atoms with Crippen LogP contribution >= 0.6 is 7.82 Å². The van der Waals surface area contributed by atoms with Gasteiger partial charge in [-0.1, -0.05) is 217 Å². The third kappa shape index (κ3) is 46.0. The van der Waals surface area contributed by atoms with Gasteiger partial charge >= 0.3 is 25.7 Å². The van der Waals surface area contributed by atoms with Crippen molar-refractivity contribution in [3.8, 4) is 0 Å². The molecular weight excluding hydrogens is 818 g/mol. The van der Waals surface area contributed by atoms with Crippen LogP contribution in [0.4, 0.5) is 0 Å². The molecule has 368 valence electrons. The summed E-state index contributed by atoms with van der Waals surface area (Å²) >= 11 is 0. The van der Waals surface area contributed by atoms with E-state index in [4.69, 9.17) is 24.8 Å². The van der Waals surface area contributed by atoms with E-state index >= 15 is 0 Å². The minimum atomic E-state index is -4.72. The van der Waals surface area contributed by atoms with Gasteiger partial charge in [0, 0.05) is 12.8 Å². The van der Waals surface area contributed by atoms with Crippen molar-refractivity contribution in [1.29, 1.82) is 0 Å². The predicted molar refractivity (Wildman–Crippen MR) is 259 cm³/mol. The van der Waals surface area contributed by atoms with E-state index in [-0.39, 0.29) is 19.4 Å². The molecule has 0 fully saturated rings. The first-order chi connectivity index (χ1) is 30.6. The smallest absolute Gasteiger partial charge is 0.472 e. The lowest BCUT2D eigenvalue weighted by atomic mass is 10.0. The monoisotopic (exact) mass is 912 g/mol. The molecule has 3 unspecified atom stereocenters. The summed E-state index contributed by atoms with van der Waals surface area (Å²) < 4.78 is 32.8. The molecule has 0 saturated heterocycles. The van der Waals surface area contributed by atoms with E-state index in [1.165, 1.54) is 128 Å². The normalized spacial score (nSPS) is 13.8. The SMILES string of the molecule is CC/C=C\C/C=C\C/C=C\CCCCCCCC(=O)OC(COC(=O)CCCCCCCCCCCCCCCCCCCCCCCCCC)COP(=O)(O)OCC(N)C(=O)O. The van der Waals surface area contributed by atoms with Gasteiger partial charge in [-0.3, -0.25) is 23.4 Å². The molecule has 0 saturated carbocycles. The van der Waals surface area contributed by atoms with E-state index in [9.17, 15) is 23.8 Å². The molecular formula is C51H94NO10P. The number of carboxylic acid groups (broad SMARTS) is 1. The number of carbonyl (C=O) groups is 3. The molecule has 12 heteroatoms. The van der Waals surface area contributed by atoms with E-state index in [0.29, 0.717) is 12.8 Å². The topological polar surface area (TPSA) is 172 Å². The molecule has 0 bridgehead atoms. The largest absolute Gasteiger partial charge is 0.480 e. The second-order valence-electron chi connectivity index (χ2n) is 17.3. The molecule has 0 amide bonds. The van der Waals surface area contributed by atoms with Crippen molar-refractivity contribution < 1.29 is 47.5 Å². The predicted octanol–water partition coefficient (Wildman–Crippen LogP) is 14.3. The molecule has 0 aromatic heterocycles. The highest BCUT2D eigenvalue weighted by Crippen LogP contribution is 2.43. The number of phosphoric ester groups is 1. The van der Waals surface area contributed by atoms with E-state index in [2.05, 4.69) is 54.8 Å². The van der Waals surface area contributed by atoms with Crippen molar-refractivity contribution in [2.75, 3.05) is 19.8 Å². The van der Waals surface area contributed by atoms with Gasteiger partial charge in [0.1, 0.15) is 12.6 Å². The van der Waals surface area contributed by atoms with E-state index in [1.807, 2.05) is 0 Å². The third-order valence-electron chi connectivity index (χ3n) is 11.2. The Balaban J connectivity index is 4.17. The molecule has 0 radical (unpaired) electrons. The number of hydrogen-bond donors (Lipinski definition) is 3. The molecule has 0 aromatic carbocycles. The number of allylic oxidation sites excluding steroid dienone is 6. The summed E-state index contributed by atoms with van der Waals surface area (Å²) in [5.41, 5.74) is 5.35. The zero-order valence-electron chi connectivity index (χ0n) is 40.2. The van der Waals surface area contributed by atoms with Gasteiger partial charge in [0.25, 0.3) is 0 Å². The first kappa shape index (κ1) is 60.7. The van der Waals surface area contributed by atoms with Crippen LogP contribution in [0.2, 0.25) is 0 Å². The number of carbonyl (C=O) groups excluding carboxylic acids is 2. The van der Waals surface area contributed by atoms with E-state index in [0.717, 1.165) is 70.6 Å². The summed E-state index contributed by atoms with van der Waals surface area (Å²) in [6, 6.07) is -1.52. The highest BCUT2D eigenvalue weighted by atomic mass is 31.2. The number of phosphoric acid groups is 1. The average Bonchev–Trinajstić information content (AvgIpc) is 3.26. The Morgan fingerprint density at radius 3 is 1.33 bits per heavy atom. The zero-order chi connectivity index (χ0) is 46.3. The van der Waals surface area contributed by atoms with Crippen molar-refractivity contribution >= 4 is 25.7 Å².